The molecule has 3 nitrogen and oxygen atoms in total. The van der Waals surface area contributed by atoms with Gasteiger partial charge >= 0.3 is 5.97 Å². The van der Waals surface area contributed by atoms with Crippen LogP contribution in [0.5, 0.6) is 0 Å². The van der Waals surface area contributed by atoms with E-state index in [2.05, 4.69) is 4.74 Å². The molecule has 0 heterocycles. The highest BCUT2D eigenvalue weighted by atomic mass is 35.5. The van der Waals surface area contributed by atoms with Crippen molar-refractivity contribution in [1.82, 2.24) is 0 Å². The number of carbonyl (C=O) groups is 1. The smallest absolute Gasteiger partial charge is 0.337 e. The van der Waals surface area contributed by atoms with Gasteiger partial charge in [0, 0.05) is 16.3 Å². The fraction of sp³-hybridized carbons (Fsp3) is 0.133. The van der Waals surface area contributed by atoms with Crippen molar-refractivity contribution in [1.29, 1.82) is 0 Å². The molecule has 0 unspecified atom stereocenters. The molecule has 0 spiro atoms. The van der Waals surface area contributed by atoms with Gasteiger partial charge in [-0.1, -0.05) is 23.7 Å². The first kappa shape index (κ1) is 14.8. The number of methoxy groups -OCH3 is 1. The maximum absolute atomic E-state index is 11.3. The molecule has 2 aromatic carbocycles. The summed E-state index contributed by atoms with van der Waals surface area (Å²) in [7, 11) is 1.37. The maximum atomic E-state index is 11.3. The number of benzene rings is 2. The van der Waals surface area contributed by atoms with Crippen LogP contribution in [0.1, 0.15) is 15.9 Å². The number of nitrogens with two attached hydrogens (primary N) is 1. The molecule has 0 saturated carbocycles. The summed E-state index contributed by atoms with van der Waals surface area (Å²) >= 11 is 7.72. The highest BCUT2D eigenvalue weighted by Gasteiger charge is 2.06. The van der Waals surface area contributed by atoms with Crippen LogP contribution >= 0.6 is 23.4 Å². The minimum Gasteiger partial charge on any atom is -0.465 e. The predicted molar refractivity (Wildman–Crippen MR) is 83.2 cm³/mol. The van der Waals surface area contributed by atoms with Gasteiger partial charge in [0.1, 0.15) is 0 Å². The lowest BCUT2D eigenvalue weighted by atomic mass is 10.1. The lowest BCUT2D eigenvalue weighted by Crippen LogP contribution is -2.00. The van der Waals surface area contributed by atoms with Crippen LogP contribution in [0, 0.1) is 0 Å². The Kier molecular flexibility index (Phi) is 4.93. The van der Waals surface area contributed by atoms with Gasteiger partial charge in [0.25, 0.3) is 0 Å². The van der Waals surface area contributed by atoms with Gasteiger partial charge in [-0.05, 0) is 35.9 Å². The highest BCUT2D eigenvalue weighted by Crippen LogP contribution is 2.31. The van der Waals surface area contributed by atoms with Crippen molar-refractivity contribution in [2.24, 2.45) is 0 Å². The Labute approximate surface area is 127 Å². The van der Waals surface area contributed by atoms with Crippen molar-refractivity contribution in [3.05, 3.63) is 58.6 Å². The van der Waals surface area contributed by atoms with Crippen molar-refractivity contribution in [2.45, 2.75) is 10.6 Å². The third-order valence-corrected chi connectivity index (χ3v) is 4.29. The van der Waals surface area contributed by atoms with Crippen LogP contribution in [0.25, 0.3) is 0 Å². The number of carbonyl (C=O) groups excluding carboxylic acids is 1. The summed E-state index contributed by atoms with van der Waals surface area (Å²) in [6.07, 6.45) is 0. The second-order valence-corrected chi connectivity index (χ2v) is 5.59. The molecule has 2 rings (SSSR count). The molecule has 0 fully saturated rings. The third kappa shape index (κ3) is 3.68. The molecule has 0 aliphatic carbocycles. The Morgan fingerprint density at radius 1 is 1.25 bits per heavy atom. The number of esters is 1. The van der Waals surface area contributed by atoms with Gasteiger partial charge < -0.3 is 10.5 Å². The zero-order valence-corrected chi connectivity index (χ0v) is 12.5. The molecule has 0 aliphatic heterocycles. The topological polar surface area (TPSA) is 52.3 Å². The van der Waals surface area contributed by atoms with Gasteiger partial charge in [0.15, 0.2) is 0 Å². The van der Waals surface area contributed by atoms with Crippen molar-refractivity contribution in [2.75, 3.05) is 12.8 Å². The van der Waals surface area contributed by atoms with Crippen LogP contribution in [0.3, 0.4) is 0 Å². The van der Waals surface area contributed by atoms with E-state index in [9.17, 15) is 4.79 Å². The second kappa shape index (κ2) is 6.68. The monoisotopic (exact) mass is 307 g/mol. The summed E-state index contributed by atoms with van der Waals surface area (Å²) in [6.45, 7) is 0. The van der Waals surface area contributed by atoms with Crippen LogP contribution in [0.4, 0.5) is 5.69 Å². The van der Waals surface area contributed by atoms with Crippen molar-refractivity contribution >= 4 is 35.0 Å². The van der Waals surface area contributed by atoms with E-state index >= 15 is 0 Å². The van der Waals surface area contributed by atoms with Gasteiger partial charge in [-0.3, -0.25) is 0 Å². The quantitative estimate of drug-likeness (QED) is 0.527. The average Bonchev–Trinajstić information content (AvgIpc) is 2.48. The molecular weight excluding hydrogens is 294 g/mol. The normalized spacial score (nSPS) is 10.3. The van der Waals surface area contributed by atoms with Crippen molar-refractivity contribution in [3.8, 4) is 0 Å². The standard InChI is InChI=1S/C15H14ClNO2S/c1-19-15(18)11-4-2-10(3-5-11)9-20-14-8-12(17)6-7-13(14)16/h2-8H,9,17H2,1H3. The molecule has 2 N–H and O–H groups in total. The predicted octanol–water partition coefficient (Wildman–Crippen LogP) is 4.00. The summed E-state index contributed by atoms with van der Waals surface area (Å²) in [6, 6.07) is 12.7. The largest absolute Gasteiger partial charge is 0.465 e. The SMILES string of the molecule is COC(=O)c1ccc(CSc2cc(N)ccc2Cl)cc1. The third-order valence-electron chi connectivity index (χ3n) is 2.72. The summed E-state index contributed by atoms with van der Waals surface area (Å²) in [5.74, 6) is 0.424. The number of thioether (sulfide) groups is 1. The van der Waals surface area contributed by atoms with E-state index in [-0.39, 0.29) is 5.97 Å². The van der Waals surface area contributed by atoms with E-state index in [4.69, 9.17) is 17.3 Å². The maximum Gasteiger partial charge on any atom is 0.337 e. The first-order chi connectivity index (χ1) is 9.60. The fourth-order valence-electron chi connectivity index (χ4n) is 1.65. The Balaban J connectivity index is 2.04. The molecule has 104 valence electrons. The molecule has 0 saturated heterocycles. The van der Waals surface area contributed by atoms with Crippen molar-refractivity contribution in [3.63, 3.8) is 0 Å². The van der Waals surface area contributed by atoms with E-state index in [1.165, 1.54) is 7.11 Å². The Morgan fingerprint density at radius 2 is 1.95 bits per heavy atom. The van der Waals surface area contributed by atoms with Gasteiger partial charge in [0.2, 0.25) is 0 Å². The van der Waals surface area contributed by atoms with Crippen LogP contribution in [0.2, 0.25) is 5.02 Å². The number of nitrogen functional groups attached to an aromatic ring is 1. The van der Waals surface area contributed by atoms with E-state index in [1.807, 2.05) is 18.2 Å². The molecule has 0 bridgehead atoms. The average molecular weight is 308 g/mol. The first-order valence-electron chi connectivity index (χ1n) is 5.95. The van der Waals surface area contributed by atoms with Crippen LogP contribution in [-0.2, 0) is 10.5 Å². The lowest BCUT2D eigenvalue weighted by molar-refractivity contribution is 0.0600. The second-order valence-electron chi connectivity index (χ2n) is 4.17. The summed E-state index contributed by atoms with van der Waals surface area (Å²) in [5, 5.41) is 0.690. The van der Waals surface area contributed by atoms with Crippen LogP contribution in [-0.4, -0.2) is 13.1 Å². The first-order valence-corrected chi connectivity index (χ1v) is 7.31. The zero-order valence-electron chi connectivity index (χ0n) is 10.9. The Morgan fingerprint density at radius 3 is 2.60 bits per heavy atom. The van der Waals surface area contributed by atoms with E-state index in [0.29, 0.717) is 16.3 Å². The number of ether oxygens (including phenoxy) is 1. The van der Waals surface area contributed by atoms with Gasteiger partial charge in [-0.25, -0.2) is 4.79 Å². The van der Waals surface area contributed by atoms with E-state index < -0.39 is 0 Å². The summed E-state index contributed by atoms with van der Waals surface area (Å²) in [4.78, 5) is 12.3. The molecule has 5 heteroatoms. The Bertz CT molecular complexity index is 614. The fourth-order valence-corrected chi connectivity index (χ4v) is 2.87. The number of hydrogen-bond donors (Lipinski definition) is 1. The van der Waals surface area contributed by atoms with Crippen LogP contribution in [0.15, 0.2) is 47.4 Å². The van der Waals surface area contributed by atoms with Crippen LogP contribution < -0.4 is 5.73 Å². The number of halogens is 1. The van der Waals surface area contributed by atoms with Gasteiger partial charge in [-0.15, -0.1) is 11.8 Å². The molecule has 20 heavy (non-hydrogen) atoms. The molecule has 0 atom stereocenters. The van der Waals surface area contributed by atoms with Gasteiger partial charge in [0.05, 0.1) is 17.7 Å². The van der Waals surface area contributed by atoms with E-state index in [0.717, 1.165) is 16.2 Å². The molecule has 0 radical (unpaired) electrons. The molecule has 0 aliphatic rings. The molecule has 0 aromatic heterocycles. The van der Waals surface area contributed by atoms with Crippen molar-refractivity contribution < 1.29 is 9.53 Å². The summed E-state index contributed by atoms with van der Waals surface area (Å²) < 4.78 is 4.66. The minimum atomic E-state index is -0.330. The van der Waals surface area contributed by atoms with Gasteiger partial charge in [-0.2, -0.15) is 0 Å². The van der Waals surface area contributed by atoms with E-state index in [1.54, 1.807) is 36.0 Å². The molecule has 2 aromatic rings. The Hall–Kier alpha value is -1.65. The summed E-state index contributed by atoms with van der Waals surface area (Å²) in [5.41, 5.74) is 8.08. The lowest BCUT2D eigenvalue weighted by Gasteiger charge is -2.06. The minimum absolute atomic E-state index is 0.330. The molecule has 0 amide bonds. The zero-order chi connectivity index (χ0) is 14.5. The number of anilines is 1. The highest BCUT2D eigenvalue weighted by molar-refractivity contribution is 7.98. The molecular formula is C15H14ClNO2S. The number of hydrogen-bond acceptors (Lipinski definition) is 4. The number of rotatable bonds is 4.